The zero-order chi connectivity index (χ0) is 17.4. The van der Waals surface area contributed by atoms with Crippen LogP contribution in [0.25, 0.3) is 0 Å². The van der Waals surface area contributed by atoms with Gasteiger partial charge < -0.3 is 15.0 Å². The van der Waals surface area contributed by atoms with Crippen LogP contribution in [0.2, 0.25) is 0 Å². The van der Waals surface area contributed by atoms with Crippen molar-refractivity contribution < 1.29 is 9.13 Å². The molecule has 1 aromatic heterocycles. The Morgan fingerprint density at radius 2 is 2.08 bits per heavy atom. The maximum Gasteiger partial charge on any atom is 0.194 e. The Kier molecular flexibility index (Phi) is 9.17. The number of aliphatic imine (C=N–C) groups is 1. The molecule has 0 saturated heterocycles. The third-order valence-electron chi connectivity index (χ3n) is 3.38. The molecule has 0 radical (unpaired) electrons. The first-order valence-corrected chi connectivity index (χ1v) is 7.81. The number of ether oxygens (including phenoxy) is 1. The lowest BCUT2D eigenvalue weighted by Crippen LogP contribution is -2.40. The van der Waals surface area contributed by atoms with E-state index in [1.807, 2.05) is 25.9 Å². The number of aromatic nitrogens is 3. The van der Waals surface area contributed by atoms with Gasteiger partial charge in [-0.15, -0.1) is 24.0 Å². The predicted molar refractivity (Wildman–Crippen MR) is 106 cm³/mol. The number of likely N-dealkylation sites (N-methyl/N-ethyl adjacent to an activating group) is 1. The van der Waals surface area contributed by atoms with E-state index in [0.717, 1.165) is 18.3 Å². The van der Waals surface area contributed by atoms with E-state index in [1.54, 1.807) is 16.8 Å². The van der Waals surface area contributed by atoms with E-state index in [0.29, 0.717) is 25.4 Å². The molecule has 1 aromatic carbocycles. The van der Waals surface area contributed by atoms with E-state index in [2.05, 4.69) is 20.4 Å². The van der Waals surface area contributed by atoms with Crippen LogP contribution in [-0.4, -0.2) is 52.4 Å². The number of hydrogen-bond donors (Lipinski definition) is 1. The maximum atomic E-state index is 12.9. The third-order valence-corrected chi connectivity index (χ3v) is 3.38. The highest BCUT2D eigenvalue weighted by molar-refractivity contribution is 14.0. The number of hydrogen-bond acceptors (Lipinski definition) is 4. The van der Waals surface area contributed by atoms with Crippen molar-refractivity contribution in [2.75, 3.05) is 26.7 Å². The third kappa shape index (κ3) is 6.85. The molecule has 138 valence electrons. The van der Waals surface area contributed by atoms with Crippen LogP contribution in [0.3, 0.4) is 0 Å². The summed E-state index contributed by atoms with van der Waals surface area (Å²) >= 11 is 0. The quantitative estimate of drug-likeness (QED) is 0.388. The largest absolute Gasteiger partial charge is 0.492 e. The normalized spacial score (nSPS) is 11.0. The van der Waals surface area contributed by atoms with Gasteiger partial charge in [-0.05, 0) is 31.2 Å². The van der Waals surface area contributed by atoms with Gasteiger partial charge in [0.1, 0.15) is 36.9 Å². The van der Waals surface area contributed by atoms with E-state index < -0.39 is 0 Å². The highest BCUT2D eigenvalue weighted by Crippen LogP contribution is 2.10. The van der Waals surface area contributed by atoms with Crippen molar-refractivity contribution in [1.29, 1.82) is 0 Å². The van der Waals surface area contributed by atoms with Gasteiger partial charge in [0.25, 0.3) is 0 Å². The van der Waals surface area contributed by atoms with Crippen LogP contribution in [0.4, 0.5) is 4.39 Å². The summed E-state index contributed by atoms with van der Waals surface area (Å²) in [6.07, 6.45) is 1.51. The molecule has 0 aliphatic carbocycles. The van der Waals surface area contributed by atoms with Crippen molar-refractivity contribution in [3.63, 3.8) is 0 Å². The van der Waals surface area contributed by atoms with Gasteiger partial charge in [0, 0.05) is 20.6 Å². The molecule has 0 unspecified atom stereocenters. The van der Waals surface area contributed by atoms with Gasteiger partial charge in [-0.1, -0.05) is 0 Å². The summed E-state index contributed by atoms with van der Waals surface area (Å²) in [4.78, 5) is 10.7. The first-order chi connectivity index (χ1) is 11.6. The predicted octanol–water partition coefficient (Wildman–Crippen LogP) is 2.05. The van der Waals surface area contributed by atoms with Crippen LogP contribution in [-0.2, 0) is 13.6 Å². The van der Waals surface area contributed by atoms with Gasteiger partial charge >= 0.3 is 0 Å². The first-order valence-electron chi connectivity index (χ1n) is 7.81. The lowest BCUT2D eigenvalue weighted by Gasteiger charge is -2.22. The molecule has 7 nitrogen and oxygen atoms in total. The molecule has 0 aliphatic heterocycles. The summed E-state index contributed by atoms with van der Waals surface area (Å²) < 4.78 is 20.2. The topological polar surface area (TPSA) is 67.6 Å². The van der Waals surface area contributed by atoms with Gasteiger partial charge in [-0.3, -0.25) is 4.68 Å². The summed E-state index contributed by atoms with van der Waals surface area (Å²) in [5, 5.41) is 7.26. The fraction of sp³-hybridized carbons (Fsp3) is 0.438. The van der Waals surface area contributed by atoms with Crippen LogP contribution < -0.4 is 10.1 Å². The second-order valence-electron chi connectivity index (χ2n) is 5.19. The lowest BCUT2D eigenvalue weighted by molar-refractivity contribution is 0.281. The summed E-state index contributed by atoms with van der Waals surface area (Å²) in [6, 6.07) is 5.99. The molecule has 0 bridgehead atoms. The molecule has 0 fully saturated rings. The molecule has 0 atom stereocenters. The van der Waals surface area contributed by atoms with Crippen LogP contribution >= 0.6 is 24.0 Å². The van der Waals surface area contributed by atoms with E-state index in [1.165, 1.54) is 18.5 Å². The Balaban J connectivity index is 0.00000312. The summed E-state index contributed by atoms with van der Waals surface area (Å²) in [6.45, 7) is 4.34. The Hall–Kier alpha value is -1.91. The van der Waals surface area contributed by atoms with Crippen LogP contribution in [0.15, 0.2) is 35.6 Å². The van der Waals surface area contributed by atoms with Gasteiger partial charge in [0.15, 0.2) is 5.96 Å². The lowest BCUT2D eigenvalue weighted by atomic mass is 10.3. The minimum Gasteiger partial charge on any atom is -0.492 e. The molecule has 0 amide bonds. The molecule has 0 spiro atoms. The van der Waals surface area contributed by atoms with Crippen molar-refractivity contribution in [3.8, 4) is 5.75 Å². The molecule has 2 aromatic rings. The highest BCUT2D eigenvalue weighted by Gasteiger charge is 2.07. The first kappa shape index (κ1) is 21.1. The number of nitrogens with one attached hydrogen (secondary N) is 1. The van der Waals surface area contributed by atoms with E-state index in [4.69, 9.17) is 4.74 Å². The van der Waals surface area contributed by atoms with Crippen LogP contribution in [0.1, 0.15) is 12.7 Å². The molecule has 0 saturated carbocycles. The number of nitrogens with zero attached hydrogens (tertiary/aromatic N) is 5. The summed E-state index contributed by atoms with van der Waals surface area (Å²) in [7, 11) is 3.78. The van der Waals surface area contributed by atoms with Crippen molar-refractivity contribution >= 4 is 29.9 Å². The maximum absolute atomic E-state index is 12.9. The van der Waals surface area contributed by atoms with Crippen LogP contribution in [0.5, 0.6) is 5.75 Å². The smallest absolute Gasteiger partial charge is 0.194 e. The Labute approximate surface area is 164 Å². The number of guanidine groups is 1. The minimum absolute atomic E-state index is 0. The average Bonchev–Trinajstić information content (AvgIpc) is 2.98. The van der Waals surface area contributed by atoms with Crippen LogP contribution in [0, 0.1) is 5.82 Å². The summed E-state index contributed by atoms with van der Waals surface area (Å²) in [5.41, 5.74) is 0. The molecular formula is C16H24FIN6O. The molecule has 1 N–H and O–H groups in total. The van der Waals surface area contributed by atoms with Gasteiger partial charge in [-0.2, -0.15) is 5.10 Å². The highest BCUT2D eigenvalue weighted by atomic mass is 127. The number of halogens is 2. The van der Waals surface area contributed by atoms with E-state index in [-0.39, 0.29) is 29.8 Å². The minimum atomic E-state index is -0.273. The van der Waals surface area contributed by atoms with Crippen molar-refractivity contribution in [2.24, 2.45) is 12.0 Å². The average molecular weight is 462 g/mol. The Morgan fingerprint density at radius 1 is 1.36 bits per heavy atom. The van der Waals surface area contributed by atoms with Gasteiger partial charge in [0.05, 0.1) is 6.54 Å². The number of aryl methyl sites for hydroxylation is 1. The van der Waals surface area contributed by atoms with Crippen molar-refractivity contribution in [3.05, 3.63) is 42.2 Å². The second-order valence-corrected chi connectivity index (χ2v) is 5.19. The van der Waals surface area contributed by atoms with Crippen molar-refractivity contribution in [2.45, 2.75) is 13.5 Å². The van der Waals surface area contributed by atoms with E-state index >= 15 is 0 Å². The van der Waals surface area contributed by atoms with E-state index in [9.17, 15) is 4.39 Å². The van der Waals surface area contributed by atoms with Gasteiger partial charge in [-0.25, -0.2) is 14.4 Å². The molecule has 9 heteroatoms. The Bertz CT molecular complexity index is 661. The molecular weight excluding hydrogens is 438 g/mol. The fourth-order valence-electron chi connectivity index (χ4n) is 2.02. The molecule has 25 heavy (non-hydrogen) atoms. The molecule has 2 rings (SSSR count). The fourth-order valence-corrected chi connectivity index (χ4v) is 2.02. The molecule has 1 heterocycles. The monoisotopic (exact) mass is 462 g/mol. The Morgan fingerprint density at radius 3 is 2.68 bits per heavy atom. The SMILES string of the molecule is CCNC(=NCc1ncnn1C)N(C)CCOc1ccc(F)cc1.I. The summed E-state index contributed by atoms with van der Waals surface area (Å²) in [5.74, 6) is 1.93. The zero-order valence-electron chi connectivity index (χ0n) is 14.6. The number of rotatable bonds is 7. The zero-order valence-corrected chi connectivity index (χ0v) is 17.0. The molecule has 0 aliphatic rings. The standard InChI is InChI=1S/C16H23FN6O.HI/c1-4-18-16(19-11-15-20-12-21-23(15)3)22(2)9-10-24-14-7-5-13(17)6-8-14;/h5-8,12H,4,9-11H2,1-3H3,(H,18,19);1H. The second kappa shape index (κ2) is 10.9. The number of benzene rings is 1. The van der Waals surface area contributed by atoms with Crippen molar-refractivity contribution in [1.82, 2.24) is 25.0 Å². The van der Waals surface area contributed by atoms with Gasteiger partial charge in [0.2, 0.25) is 0 Å².